The van der Waals surface area contributed by atoms with Crippen molar-refractivity contribution in [1.29, 1.82) is 0 Å². The van der Waals surface area contributed by atoms with Gasteiger partial charge in [0.05, 0.1) is 12.7 Å². The maximum atomic E-state index is 12.4. The van der Waals surface area contributed by atoms with E-state index >= 15 is 0 Å². The van der Waals surface area contributed by atoms with Crippen molar-refractivity contribution in [2.24, 2.45) is 0 Å². The van der Waals surface area contributed by atoms with Crippen LogP contribution in [-0.2, 0) is 17.8 Å². The monoisotopic (exact) mass is 408 g/mol. The molecule has 2 heterocycles. The van der Waals surface area contributed by atoms with E-state index in [-0.39, 0.29) is 0 Å². The molecule has 3 aromatic rings. The number of carbonyl (C=O) groups excluding carboxylic acids is 1. The number of ether oxygens (including phenoxy) is 1. The first-order valence-electron chi connectivity index (χ1n) is 9.28. The zero-order valence-electron chi connectivity index (χ0n) is 16.4. The van der Waals surface area contributed by atoms with Crippen molar-refractivity contribution >= 4 is 31.1 Å². The molecule has 3 rings (SSSR count). The lowest BCUT2D eigenvalue weighted by atomic mass is 9.82. The van der Waals surface area contributed by atoms with E-state index in [1.54, 1.807) is 64.3 Å². The lowest BCUT2D eigenvalue weighted by Gasteiger charge is -2.08. The Hall–Kier alpha value is -3.04. The molecule has 0 bridgehead atoms. The van der Waals surface area contributed by atoms with E-state index in [9.17, 15) is 24.9 Å². The maximum absolute atomic E-state index is 12.4. The van der Waals surface area contributed by atoms with Crippen LogP contribution < -0.4 is 20.1 Å². The molecule has 8 nitrogen and oxygen atoms in total. The van der Waals surface area contributed by atoms with Crippen LogP contribution in [0.15, 0.2) is 67.3 Å². The number of hydrogen-bond acceptors (Lipinski definition) is 6. The van der Waals surface area contributed by atoms with Crippen LogP contribution in [0.25, 0.3) is 0 Å². The van der Waals surface area contributed by atoms with Crippen LogP contribution in [0, 0.1) is 0 Å². The summed E-state index contributed by atoms with van der Waals surface area (Å²) in [7, 11) is -1.82. The molecule has 0 saturated heterocycles. The SMILES string of the molecule is COC(=O)c1cc(C[n+]2cccc(B(O)O)c2)ccc1C[n+]1cccc(B(O)O)c1. The van der Waals surface area contributed by atoms with Gasteiger partial charge < -0.3 is 24.8 Å². The van der Waals surface area contributed by atoms with E-state index in [2.05, 4.69) is 0 Å². The molecule has 2 aromatic heterocycles. The van der Waals surface area contributed by atoms with Crippen molar-refractivity contribution in [2.75, 3.05) is 7.11 Å². The number of hydrogen-bond donors (Lipinski definition) is 4. The van der Waals surface area contributed by atoms with Crippen molar-refractivity contribution in [3.8, 4) is 0 Å². The Kier molecular flexibility index (Phi) is 6.96. The number of benzene rings is 1. The van der Waals surface area contributed by atoms with E-state index in [1.165, 1.54) is 7.11 Å². The highest BCUT2D eigenvalue weighted by atomic mass is 16.5. The minimum Gasteiger partial charge on any atom is -0.465 e. The smallest absolute Gasteiger partial charge is 0.465 e. The van der Waals surface area contributed by atoms with Gasteiger partial charge in [-0.25, -0.2) is 13.9 Å². The molecule has 152 valence electrons. The van der Waals surface area contributed by atoms with Crippen molar-refractivity contribution < 1.29 is 38.8 Å². The van der Waals surface area contributed by atoms with Gasteiger partial charge in [0, 0.05) is 34.2 Å². The summed E-state index contributed by atoms with van der Waals surface area (Å²) in [5, 5.41) is 37.4. The molecule has 0 atom stereocenters. The van der Waals surface area contributed by atoms with Crippen molar-refractivity contribution in [3.05, 3.63) is 83.9 Å². The van der Waals surface area contributed by atoms with Crippen LogP contribution in [0.2, 0.25) is 0 Å². The minimum atomic E-state index is -1.58. The average Bonchev–Trinajstić information content (AvgIpc) is 2.74. The largest absolute Gasteiger partial charge is 0.494 e. The molecule has 0 amide bonds. The molecule has 0 fully saturated rings. The molecule has 0 unspecified atom stereocenters. The molecule has 0 radical (unpaired) electrons. The second-order valence-electron chi connectivity index (χ2n) is 6.85. The summed E-state index contributed by atoms with van der Waals surface area (Å²) in [5.74, 6) is -0.477. The number of nitrogens with zero attached hydrogens (tertiary/aromatic N) is 2. The summed E-state index contributed by atoms with van der Waals surface area (Å²) < 4.78 is 8.46. The van der Waals surface area contributed by atoms with Crippen LogP contribution in [0.3, 0.4) is 0 Å². The molecule has 0 aliphatic heterocycles. The summed E-state index contributed by atoms with van der Waals surface area (Å²) >= 11 is 0. The van der Waals surface area contributed by atoms with E-state index in [0.29, 0.717) is 35.1 Å². The van der Waals surface area contributed by atoms with Gasteiger partial charge in [-0.15, -0.1) is 0 Å². The fraction of sp³-hybridized carbons (Fsp3) is 0.150. The molecular weight excluding hydrogens is 386 g/mol. The van der Waals surface area contributed by atoms with Gasteiger partial charge in [-0.3, -0.25) is 0 Å². The van der Waals surface area contributed by atoms with Crippen LogP contribution in [0.4, 0.5) is 0 Å². The minimum absolute atomic E-state index is 0.338. The van der Waals surface area contributed by atoms with Crippen LogP contribution in [0.1, 0.15) is 21.5 Å². The van der Waals surface area contributed by atoms with Gasteiger partial charge in [-0.2, -0.15) is 0 Å². The third-order valence-corrected chi connectivity index (χ3v) is 4.66. The maximum Gasteiger partial charge on any atom is 0.494 e. The Bertz CT molecular complexity index is 1050. The molecule has 0 aliphatic carbocycles. The number of esters is 1. The number of pyridine rings is 2. The molecule has 0 saturated carbocycles. The zero-order valence-corrected chi connectivity index (χ0v) is 16.4. The van der Waals surface area contributed by atoms with E-state index in [4.69, 9.17) is 4.74 Å². The van der Waals surface area contributed by atoms with Crippen LogP contribution in [0.5, 0.6) is 0 Å². The Balaban J connectivity index is 1.90. The van der Waals surface area contributed by atoms with E-state index < -0.39 is 20.2 Å². The Morgan fingerprint density at radius 1 is 0.900 bits per heavy atom. The van der Waals surface area contributed by atoms with Crippen LogP contribution >= 0.6 is 0 Å². The fourth-order valence-electron chi connectivity index (χ4n) is 3.15. The van der Waals surface area contributed by atoms with Crippen molar-refractivity contribution in [1.82, 2.24) is 0 Å². The summed E-state index contributed by atoms with van der Waals surface area (Å²) in [6.45, 7) is 0.759. The lowest BCUT2D eigenvalue weighted by Crippen LogP contribution is -2.42. The molecule has 0 aliphatic rings. The van der Waals surface area contributed by atoms with Gasteiger partial charge in [-0.05, 0) is 6.07 Å². The van der Waals surface area contributed by atoms with Gasteiger partial charge >= 0.3 is 20.2 Å². The summed E-state index contributed by atoms with van der Waals surface area (Å²) in [5.41, 5.74) is 2.65. The quantitative estimate of drug-likeness (QED) is 0.195. The summed E-state index contributed by atoms with van der Waals surface area (Å²) in [6, 6.07) is 12.0. The standard InChI is InChI=1S/C20H22B2N2O6/c1-30-20(25)19-10-15(11-23-8-2-4-17(13-23)21(26)27)6-7-16(19)12-24-9-3-5-18(14-24)22(28)29/h2-10,13-14,26-29H,11-12H2,1H3/q+2. The van der Waals surface area contributed by atoms with Gasteiger partial charge in [0.15, 0.2) is 37.9 Å². The van der Waals surface area contributed by atoms with Crippen molar-refractivity contribution in [3.63, 3.8) is 0 Å². The van der Waals surface area contributed by atoms with Gasteiger partial charge in [-0.1, -0.05) is 24.3 Å². The predicted molar refractivity (Wildman–Crippen MR) is 109 cm³/mol. The Labute approximate surface area is 174 Å². The van der Waals surface area contributed by atoms with Gasteiger partial charge in [0.2, 0.25) is 0 Å². The molecule has 10 heteroatoms. The number of rotatable bonds is 7. The van der Waals surface area contributed by atoms with E-state index in [1.807, 2.05) is 12.1 Å². The summed E-state index contributed by atoms with van der Waals surface area (Å²) in [4.78, 5) is 12.4. The fourth-order valence-corrected chi connectivity index (χ4v) is 3.15. The molecule has 0 spiro atoms. The molecule has 1 aromatic carbocycles. The second kappa shape index (κ2) is 9.64. The van der Waals surface area contributed by atoms with Crippen molar-refractivity contribution in [2.45, 2.75) is 13.1 Å². The molecule has 30 heavy (non-hydrogen) atoms. The third-order valence-electron chi connectivity index (χ3n) is 4.66. The highest BCUT2D eigenvalue weighted by molar-refractivity contribution is 6.58. The van der Waals surface area contributed by atoms with E-state index in [0.717, 1.165) is 5.56 Å². The Morgan fingerprint density at radius 2 is 1.47 bits per heavy atom. The highest BCUT2D eigenvalue weighted by Gasteiger charge is 2.20. The third kappa shape index (κ3) is 5.31. The highest BCUT2D eigenvalue weighted by Crippen LogP contribution is 2.14. The summed E-state index contributed by atoms with van der Waals surface area (Å²) in [6.07, 6.45) is 6.78. The molecule has 4 N–H and O–H groups in total. The number of aromatic nitrogens is 2. The second-order valence-corrected chi connectivity index (χ2v) is 6.85. The first-order chi connectivity index (χ1) is 14.4. The zero-order chi connectivity index (χ0) is 21.7. The first-order valence-corrected chi connectivity index (χ1v) is 9.28. The molecular formula is C20H22B2N2O6+2. The first kappa shape index (κ1) is 21.7. The Morgan fingerprint density at radius 3 is 2.00 bits per heavy atom. The number of carbonyl (C=O) groups is 1. The topological polar surface area (TPSA) is 115 Å². The van der Waals surface area contributed by atoms with Gasteiger partial charge in [0.25, 0.3) is 0 Å². The lowest BCUT2D eigenvalue weighted by molar-refractivity contribution is -0.688. The number of methoxy groups -OCH3 is 1. The average molecular weight is 408 g/mol. The van der Waals surface area contributed by atoms with Crippen LogP contribution in [-0.4, -0.2) is 47.4 Å². The predicted octanol–water partition coefficient (Wildman–Crippen LogP) is -2.50. The normalized spacial score (nSPS) is 10.6. The van der Waals surface area contributed by atoms with Gasteiger partial charge in [0.1, 0.15) is 0 Å².